The van der Waals surface area contributed by atoms with Gasteiger partial charge in [0.15, 0.2) is 20.6 Å². The molecule has 0 atom stereocenters. The molecule has 2 aromatic rings. The number of nitrogens with zero attached hydrogens (tertiary/aromatic N) is 2. The average Bonchev–Trinajstić information content (AvgIpc) is 2.69. The molecule has 1 aromatic carbocycles. The van der Waals surface area contributed by atoms with Crippen LogP contribution in [0.3, 0.4) is 0 Å². The molecule has 0 radical (unpaired) electrons. The molecule has 3 N–H and O–H groups in total. The van der Waals surface area contributed by atoms with Crippen molar-refractivity contribution in [2.75, 3.05) is 24.4 Å². The predicted molar refractivity (Wildman–Crippen MR) is 79.6 cm³/mol. The van der Waals surface area contributed by atoms with Gasteiger partial charge in [-0.3, -0.25) is 0 Å². The molecule has 1 heterocycles. The summed E-state index contributed by atoms with van der Waals surface area (Å²) in [6.07, 6.45) is 1.12. The predicted octanol–water partition coefficient (Wildman–Crippen LogP) is 1.27. The van der Waals surface area contributed by atoms with E-state index in [4.69, 9.17) is 5.73 Å². The van der Waals surface area contributed by atoms with E-state index >= 15 is 0 Å². The van der Waals surface area contributed by atoms with E-state index < -0.39 is 9.84 Å². The van der Waals surface area contributed by atoms with Crippen molar-refractivity contribution in [3.05, 3.63) is 35.4 Å². The van der Waals surface area contributed by atoms with Crippen LogP contribution in [0.4, 0.5) is 11.6 Å². The van der Waals surface area contributed by atoms with E-state index in [9.17, 15) is 8.42 Å². The highest BCUT2D eigenvalue weighted by molar-refractivity contribution is 7.91. The van der Waals surface area contributed by atoms with Gasteiger partial charge in [0.2, 0.25) is 0 Å². The van der Waals surface area contributed by atoms with E-state index in [-0.39, 0.29) is 16.5 Å². The van der Waals surface area contributed by atoms with E-state index in [1.807, 2.05) is 31.2 Å². The third-order valence-electron chi connectivity index (χ3n) is 3.14. The first-order chi connectivity index (χ1) is 9.34. The van der Waals surface area contributed by atoms with Crippen LogP contribution >= 0.6 is 0 Å². The number of nitrogens with one attached hydrogen (secondary N) is 1. The maximum absolute atomic E-state index is 11.8. The monoisotopic (exact) mass is 294 g/mol. The van der Waals surface area contributed by atoms with Crippen molar-refractivity contribution in [2.24, 2.45) is 0 Å². The molecule has 2 rings (SSSR count). The summed E-state index contributed by atoms with van der Waals surface area (Å²) in [4.78, 5) is 0.0496. The second kappa shape index (κ2) is 5.16. The van der Waals surface area contributed by atoms with Gasteiger partial charge in [-0.1, -0.05) is 24.3 Å². The van der Waals surface area contributed by atoms with Crippen molar-refractivity contribution in [3.8, 4) is 0 Å². The van der Waals surface area contributed by atoms with Crippen LogP contribution in [0.5, 0.6) is 0 Å². The lowest BCUT2D eigenvalue weighted by Crippen LogP contribution is -2.09. The number of hydrogen-bond donors (Lipinski definition) is 2. The second-order valence-corrected chi connectivity index (χ2v) is 6.62. The number of aryl methyl sites for hydroxylation is 1. The van der Waals surface area contributed by atoms with Crippen LogP contribution < -0.4 is 11.1 Å². The Bertz CT molecular complexity index is 735. The summed E-state index contributed by atoms with van der Waals surface area (Å²) in [6.45, 7) is 2.42. The Morgan fingerprint density at radius 1 is 1.35 bits per heavy atom. The van der Waals surface area contributed by atoms with Gasteiger partial charge in [0.1, 0.15) is 5.82 Å². The summed E-state index contributed by atoms with van der Waals surface area (Å²) in [6, 6.07) is 7.84. The Balaban J connectivity index is 2.50. The third-order valence-corrected chi connectivity index (χ3v) is 4.28. The zero-order valence-corrected chi connectivity index (χ0v) is 12.5. The van der Waals surface area contributed by atoms with E-state index in [0.717, 1.165) is 17.4 Å². The summed E-state index contributed by atoms with van der Waals surface area (Å²) in [5.74, 6) is 0.429. The Morgan fingerprint density at radius 3 is 2.50 bits per heavy atom. The standard InChI is InChI=1S/C13H18N4O2S/c1-9-6-4-5-7-10(9)8-17-12(14)11(20(3,18)19)13(15-2)16-17/h4-7H,8,14H2,1-3H3,(H,15,16). The lowest BCUT2D eigenvalue weighted by Gasteiger charge is -2.07. The molecule has 6 nitrogen and oxygen atoms in total. The summed E-state index contributed by atoms with van der Waals surface area (Å²) in [5.41, 5.74) is 8.10. The highest BCUT2D eigenvalue weighted by Gasteiger charge is 2.23. The number of sulfone groups is 1. The van der Waals surface area contributed by atoms with Crippen molar-refractivity contribution < 1.29 is 8.42 Å². The fraction of sp³-hybridized carbons (Fsp3) is 0.308. The lowest BCUT2D eigenvalue weighted by atomic mass is 10.1. The van der Waals surface area contributed by atoms with E-state index in [1.165, 1.54) is 4.68 Å². The molecular formula is C13H18N4O2S. The van der Waals surface area contributed by atoms with Crippen molar-refractivity contribution in [1.82, 2.24) is 9.78 Å². The third kappa shape index (κ3) is 2.62. The van der Waals surface area contributed by atoms with Gasteiger partial charge in [-0.15, -0.1) is 0 Å². The molecule has 0 bridgehead atoms. The van der Waals surface area contributed by atoms with Crippen LogP contribution in [0.1, 0.15) is 11.1 Å². The molecule has 0 aliphatic rings. The average molecular weight is 294 g/mol. The molecule has 0 aliphatic carbocycles. The van der Waals surface area contributed by atoms with Gasteiger partial charge in [-0.25, -0.2) is 13.1 Å². The van der Waals surface area contributed by atoms with E-state index in [0.29, 0.717) is 6.54 Å². The van der Waals surface area contributed by atoms with E-state index in [2.05, 4.69) is 10.4 Å². The summed E-state index contributed by atoms with van der Waals surface area (Å²) < 4.78 is 25.1. The quantitative estimate of drug-likeness (QED) is 0.886. The summed E-state index contributed by atoms with van der Waals surface area (Å²) in [7, 11) is -1.81. The van der Waals surface area contributed by atoms with Crippen LogP contribution in [0.2, 0.25) is 0 Å². The van der Waals surface area contributed by atoms with Crippen LogP contribution in [-0.4, -0.2) is 31.5 Å². The number of hydrogen-bond acceptors (Lipinski definition) is 5. The Labute approximate surface area is 118 Å². The number of nitrogen functional groups attached to an aromatic ring is 1. The van der Waals surface area contributed by atoms with Crippen LogP contribution in [-0.2, 0) is 16.4 Å². The number of nitrogens with two attached hydrogens (primary N) is 1. The van der Waals surface area contributed by atoms with E-state index in [1.54, 1.807) is 7.05 Å². The van der Waals surface area contributed by atoms with Crippen LogP contribution in [0.25, 0.3) is 0 Å². The SMILES string of the molecule is CNc1nn(Cc2ccccc2C)c(N)c1S(C)(=O)=O. The van der Waals surface area contributed by atoms with Gasteiger partial charge in [0.05, 0.1) is 6.54 Å². The molecule has 1 aromatic heterocycles. The molecule has 0 fully saturated rings. The fourth-order valence-electron chi connectivity index (χ4n) is 2.06. The highest BCUT2D eigenvalue weighted by Crippen LogP contribution is 2.27. The first-order valence-electron chi connectivity index (χ1n) is 6.13. The topological polar surface area (TPSA) is 90.0 Å². The van der Waals surface area contributed by atoms with Gasteiger partial charge in [0.25, 0.3) is 0 Å². The zero-order valence-electron chi connectivity index (χ0n) is 11.7. The maximum atomic E-state index is 11.8. The minimum Gasteiger partial charge on any atom is -0.383 e. The lowest BCUT2D eigenvalue weighted by molar-refractivity contribution is 0.602. The minimum absolute atomic E-state index is 0.0496. The first kappa shape index (κ1) is 14.4. The van der Waals surface area contributed by atoms with Crippen LogP contribution in [0, 0.1) is 6.92 Å². The molecule has 0 unspecified atom stereocenters. The molecular weight excluding hydrogens is 276 g/mol. The van der Waals surface area contributed by atoms with Crippen molar-refractivity contribution >= 4 is 21.5 Å². The largest absolute Gasteiger partial charge is 0.383 e. The fourth-order valence-corrected chi connectivity index (χ4v) is 3.04. The highest BCUT2D eigenvalue weighted by atomic mass is 32.2. The van der Waals surface area contributed by atoms with Gasteiger partial charge in [-0.2, -0.15) is 5.10 Å². The molecule has 0 aliphatic heterocycles. The van der Waals surface area contributed by atoms with Crippen LogP contribution in [0.15, 0.2) is 29.2 Å². The van der Waals surface area contributed by atoms with Crippen molar-refractivity contribution in [2.45, 2.75) is 18.4 Å². The van der Waals surface area contributed by atoms with Crippen molar-refractivity contribution in [1.29, 1.82) is 0 Å². The number of anilines is 2. The maximum Gasteiger partial charge on any atom is 0.182 e. The molecule has 0 saturated carbocycles. The normalized spacial score (nSPS) is 11.6. The number of rotatable bonds is 4. The molecule has 0 saturated heterocycles. The van der Waals surface area contributed by atoms with Crippen molar-refractivity contribution in [3.63, 3.8) is 0 Å². The Hall–Kier alpha value is -2.02. The van der Waals surface area contributed by atoms with Gasteiger partial charge in [-0.05, 0) is 18.1 Å². The second-order valence-electron chi connectivity index (χ2n) is 4.67. The molecule has 0 spiro atoms. The summed E-state index contributed by atoms with van der Waals surface area (Å²) >= 11 is 0. The molecule has 0 amide bonds. The van der Waals surface area contributed by atoms with Gasteiger partial charge in [0, 0.05) is 13.3 Å². The minimum atomic E-state index is -3.43. The Morgan fingerprint density at radius 2 is 2.00 bits per heavy atom. The van der Waals surface area contributed by atoms with Gasteiger partial charge < -0.3 is 11.1 Å². The van der Waals surface area contributed by atoms with Gasteiger partial charge >= 0.3 is 0 Å². The zero-order chi connectivity index (χ0) is 14.9. The molecule has 20 heavy (non-hydrogen) atoms. The first-order valence-corrected chi connectivity index (χ1v) is 8.02. The molecule has 108 valence electrons. The smallest absolute Gasteiger partial charge is 0.182 e. The number of benzene rings is 1. The number of aromatic nitrogens is 2. The summed E-state index contributed by atoms with van der Waals surface area (Å²) in [5, 5.41) is 7.01. The molecule has 7 heteroatoms. The Kier molecular flexibility index (Phi) is 3.71.